The van der Waals surface area contributed by atoms with E-state index < -0.39 is 46.7 Å². The molecule has 208 valence electrons. The zero-order valence-corrected chi connectivity index (χ0v) is 22.6. The number of nitrogens with zero attached hydrogens (tertiary/aromatic N) is 1. The van der Waals surface area contributed by atoms with Gasteiger partial charge in [-0.15, -0.1) is 0 Å². The SMILES string of the molecule is COCCn1ccc(C(=O)NC(CCC(C(=O)O)C(C)(C)C)C(C)C(=O)O)c(OCc2ccccc2)c1=O. The monoisotopic (exact) mass is 530 g/mol. The van der Waals surface area contributed by atoms with Gasteiger partial charge in [-0.25, -0.2) is 0 Å². The summed E-state index contributed by atoms with van der Waals surface area (Å²) in [5.41, 5.74) is -0.317. The van der Waals surface area contributed by atoms with E-state index in [1.165, 1.54) is 30.9 Å². The van der Waals surface area contributed by atoms with Crippen LogP contribution >= 0.6 is 0 Å². The van der Waals surface area contributed by atoms with Gasteiger partial charge in [-0.2, -0.15) is 0 Å². The predicted octanol–water partition coefficient (Wildman–Crippen LogP) is 3.42. The van der Waals surface area contributed by atoms with Gasteiger partial charge in [0.1, 0.15) is 6.61 Å². The highest BCUT2D eigenvalue weighted by atomic mass is 16.5. The average molecular weight is 531 g/mol. The van der Waals surface area contributed by atoms with Crippen molar-refractivity contribution < 1.29 is 34.1 Å². The van der Waals surface area contributed by atoms with Crippen molar-refractivity contribution in [3.05, 3.63) is 64.1 Å². The van der Waals surface area contributed by atoms with Crippen LogP contribution in [0, 0.1) is 17.3 Å². The summed E-state index contributed by atoms with van der Waals surface area (Å²) in [7, 11) is 1.51. The number of carboxylic acids is 2. The first-order chi connectivity index (χ1) is 17.9. The summed E-state index contributed by atoms with van der Waals surface area (Å²) < 4.78 is 12.3. The van der Waals surface area contributed by atoms with Crippen molar-refractivity contribution in [3.63, 3.8) is 0 Å². The third kappa shape index (κ3) is 8.44. The molecule has 1 aromatic heterocycles. The van der Waals surface area contributed by atoms with Crippen LogP contribution < -0.4 is 15.6 Å². The minimum atomic E-state index is -1.13. The fraction of sp³-hybridized carbons (Fsp3) is 0.500. The first kappa shape index (κ1) is 30.6. The molecule has 1 heterocycles. The van der Waals surface area contributed by atoms with Crippen LogP contribution in [-0.4, -0.2) is 52.4 Å². The van der Waals surface area contributed by atoms with Gasteiger partial charge in [0, 0.05) is 25.9 Å². The number of hydrogen-bond acceptors (Lipinski definition) is 6. The molecule has 0 aliphatic heterocycles. The van der Waals surface area contributed by atoms with E-state index >= 15 is 0 Å². The lowest BCUT2D eigenvalue weighted by atomic mass is 9.77. The first-order valence-corrected chi connectivity index (χ1v) is 12.5. The Morgan fingerprint density at radius 1 is 1.03 bits per heavy atom. The van der Waals surface area contributed by atoms with E-state index in [9.17, 15) is 29.4 Å². The number of pyridine rings is 1. The van der Waals surface area contributed by atoms with Crippen LogP contribution in [0.25, 0.3) is 0 Å². The van der Waals surface area contributed by atoms with Crippen molar-refractivity contribution >= 4 is 17.8 Å². The van der Waals surface area contributed by atoms with E-state index in [-0.39, 0.29) is 43.9 Å². The third-order valence-corrected chi connectivity index (χ3v) is 6.55. The predicted molar refractivity (Wildman–Crippen MR) is 141 cm³/mol. The maximum absolute atomic E-state index is 13.4. The number of carboxylic acid groups (broad SMARTS) is 2. The van der Waals surface area contributed by atoms with Crippen LogP contribution in [0.5, 0.6) is 5.75 Å². The van der Waals surface area contributed by atoms with Gasteiger partial charge in [-0.3, -0.25) is 19.2 Å². The molecule has 3 unspecified atom stereocenters. The van der Waals surface area contributed by atoms with Crippen LogP contribution in [0.4, 0.5) is 0 Å². The Morgan fingerprint density at radius 3 is 2.24 bits per heavy atom. The Morgan fingerprint density at radius 2 is 1.68 bits per heavy atom. The number of hydrogen-bond donors (Lipinski definition) is 3. The van der Waals surface area contributed by atoms with Gasteiger partial charge < -0.3 is 29.6 Å². The van der Waals surface area contributed by atoms with Crippen molar-refractivity contribution in [1.29, 1.82) is 0 Å². The third-order valence-electron chi connectivity index (χ3n) is 6.55. The van der Waals surface area contributed by atoms with Crippen molar-refractivity contribution in [3.8, 4) is 5.75 Å². The van der Waals surface area contributed by atoms with Crippen molar-refractivity contribution in [2.24, 2.45) is 17.3 Å². The molecule has 0 fully saturated rings. The van der Waals surface area contributed by atoms with E-state index in [0.717, 1.165) is 5.56 Å². The van der Waals surface area contributed by atoms with Crippen LogP contribution in [-0.2, 0) is 27.5 Å². The van der Waals surface area contributed by atoms with E-state index in [0.29, 0.717) is 0 Å². The van der Waals surface area contributed by atoms with Gasteiger partial charge >= 0.3 is 11.9 Å². The lowest BCUT2D eigenvalue weighted by molar-refractivity contribution is -0.145. The Kier molecular flexibility index (Phi) is 11.1. The number of amides is 1. The van der Waals surface area contributed by atoms with Crippen LogP contribution in [0.2, 0.25) is 0 Å². The Hall–Kier alpha value is -3.66. The number of rotatable bonds is 14. The minimum Gasteiger partial charge on any atom is -0.482 e. The summed E-state index contributed by atoms with van der Waals surface area (Å²) in [5.74, 6) is -4.69. The molecule has 1 amide bonds. The standard InChI is InChI=1S/C28H38N2O8/c1-18(26(33)34)22(12-11-21(27(35)36)28(2,3)4)29-24(31)20-13-14-30(15-16-37-5)25(32)23(20)38-17-19-9-7-6-8-10-19/h6-10,13-14,18,21-22H,11-12,15-17H2,1-5H3,(H,29,31)(H,33,34)(H,35,36). The molecule has 0 aliphatic rings. The van der Waals surface area contributed by atoms with Gasteiger partial charge in [0.05, 0.1) is 24.0 Å². The smallest absolute Gasteiger partial charge is 0.308 e. The summed E-state index contributed by atoms with van der Waals surface area (Å²) >= 11 is 0. The fourth-order valence-corrected chi connectivity index (χ4v) is 4.11. The normalized spacial score (nSPS) is 13.8. The fourth-order valence-electron chi connectivity index (χ4n) is 4.11. The van der Waals surface area contributed by atoms with Gasteiger partial charge in [-0.1, -0.05) is 51.1 Å². The van der Waals surface area contributed by atoms with E-state index in [1.807, 2.05) is 30.3 Å². The molecule has 0 radical (unpaired) electrons. The van der Waals surface area contributed by atoms with Gasteiger partial charge in [0.2, 0.25) is 0 Å². The maximum Gasteiger partial charge on any atom is 0.308 e. The minimum absolute atomic E-state index is 0.0345. The number of methoxy groups -OCH3 is 1. The zero-order chi connectivity index (χ0) is 28.5. The van der Waals surface area contributed by atoms with E-state index in [2.05, 4.69) is 5.32 Å². The molecule has 0 saturated carbocycles. The van der Waals surface area contributed by atoms with Crippen LogP contribution in [0.1, 0.15) is 56.5 Å². The number of benzene rings is 1. The quantitative estimate of drug-likeness (QED) is 0.337. The zero-order valence-electron chi connectivity index (χ0n) is 22.6. The number of ether oxygens (including phenoxy) is 2. The second kappa shape index (κ2) is 13.8. The second-order valence-electron chi connectivity index (χ2n) is 10.4. The summed E-state index contributed by atoms with van der Waals surface area (Å²) in [4.78, 5) is 50.2. The number of nitrogens with one attached hydrogen (secondary N) is 1. The highest BCUT2D eigenvalue weighted by molar-refractivity contribution is 5.97. The van der Waals surface area contributed by atoms with Crippen molar-refractivity contribution in [2.45, 2.75) is 59.7 Å². The van der Waals surface area contributed by atoms with Gasteiger partial charge in [0.15, 0.2) is 5.75 Å². The molecule has 10 nitrogen and oxygen atoms in total. The maximum atomic E-state index is 13.4. The van der Waals surface area contributed by atoms with Crippen molar-refractivity contribution in [1.82, 2.24) is 9.88 Å². The Balaban J connectivity index is 2.37. The molecule has 3 atom stereocenters. The summed E-state index contributed by atoms with van der Waals surface area (Å²) in [6.07, 6.45) is 1.75. The van der Waals surface area contributed by atoms with Crippen molar-refractivity contribution in [2.75, 3.05) is 13.7 Å². The van der Waals surface area contributed by atoms with Gasteiger partial charge in [0.25, 0.3) is 11.5 Å². The largest absolute Gasteiger partial charge is 0.482 e. The van der Waals surface area contributed by atoms with Crippen LogP contribution in [0.15, 0.2) is 47.4 Å². The molecule has 10 heteroatoms. The number of aromatic nitrogens is 1. The molecule has 1 aromatic carbocycles. The average Bonchev–Trinajstić information content (AvgIpc) is 2.85. The molecular formula is C28H38N2O8. The highest BCUT2D eigenvalue weighted by Crippen LogP contribution is 2.31. The molecule has 0 saturated heterocycles. The van der Waals surface area contributed by atoms with E-state index in [1.54, 1.807) is 20.8 Å². The van der Waals surface area contributed by atoms with Gasteiger partial charge in [-0.05, 0) is 36.8 Å². The molecule has 0 spiro atoms. The topological polar surface area (TPSA) is 144 Å². The summed E-state index contributed by atoms with van der Waals surface area (Å²) in [6.45, 7) is 7.43. The molecule has 3 N–H and O–H groups in total. The number of carbonyl (C=O) groups is 3. The highest BCUT2D eigenvalue weighted by Gasteiger charge is 2.34. The molecule has 0 aliphatic carbocycles. The molecule has 2 aromatic rings. The lowest BCUT2D eigenvalue weighted by Gasteiger charge is -2.30. The van der Waals surface area contributed by atoms with E-state index in [4.69, 9.17) is 9.47 Å². The second-order valence-corrected chi connectivity index (χ2v) is 10.4. The van der Waals surface area contributed by atoms with Crippen LogP contribution in [0.3, 0.4) is 0 Å². The summed E-state index contributed by atoms with van der Waals surface area (Å²) in [6, 6.07) is 9.73. The molecular weight excluding hydrogens is 492 g/mol. The molecule has 0 bridgehead atoms. The Bertz CT molecular complexity index is 1150. The summed E-state index contributed by atoms with van der Waals surface area (Å²) in [5, 5.41) is 22.0. The molecule has 38 heavy (non-hydrogen) atoms. The lowest BCUT2D eigenvalue weighted by Crippen LogP contribution is -2.44. The molecule has 2 rings (SSSR count). The number of carbonyl (C=O) groups excluding carboxylic acids is 1. The Labute approximate surface area is 222 Å². The number of aliphatic carboxylic acids is 2. The first-order valence-electron chi connectivity index (χ1n) is 12.5.